The lowest BCUT2D eigenvalue weighted by molar-refractivity contribution is 0.384. The molecule has 1 aliphatic heterocycles. The van der Waals surface area contributed by atoms with Gasteiger partial charge >= 0.3 is 0 Å². The molecule has 0 spiro atoms. The Labute approximate surface area is 171 Å². The van der Waals surface area contributed by atoms with Crippen molar-refractivity contribution in [2.24, 2.45) is 0 Å². The zero-order valence-electron chi connectivity index (χ0n) is 15.6. The SMILES string of the molecule is Cc1cnc(N)nc1N1CCN(S(=O)(=O)c2ccc(-c3ccc(=O)[nH]n3)s2)CC1. The fourth-order valence-corrected chi connectivity index (χ4v) is 5.96. The molecule has 29 heavy (non-hydrogen) atoms. The summed E-state index contributed by atoms with van der Waals surface area (Å²) < 4.78 is 27.8. The smallest absolute Gasteiger partial charge is 0.264 e. The molecule has 3 N–H and O–H groups in total. The number of H-pyrrole nitrogens is 1. The second-order valence-corrected chi connectivity index (χ2v) is 9.80. The molecular formula is C17H19N7O3S2. The van der Waals surface area contributed by atoms with Crippen LogP contribution in [0, 0.1) is 6.92 Å². The minimum atomic E-state index is -3.61. The highest BCUT2D eigenvalue weighted by molar-refractivity contribution is 7.91. The number of nitrogens with two attached hydrogens (primary N) is 1. The normalized spacial score (nSPS) is 15.6. The lowest BCUT2D eigenvalue weighted by Crippen LogP contribution is -2.49. The number of nitrogens with zero attached hydrogens (tertiary/aromatic N) is 5. The summed E-state index contributed by atoms with van der Waals surface area (Å²) >= 11 is 1.13. The number of aromatic amines is 1. The molecule has 3 aromatic rings. The summed E-state index contributed by atoms with van der Waals surface area (Å²) in [5.74, 6) is 0.930. The summed E-state index contributed by atoms with van der Waals surface area (Å²) in [6.45, 7) is 3.61. The zero-order chi connectivity index (χ0) is 20.6. The first kappa shape index (κ1) is 19.5. The molecule has 1 aliphatic rings. The predicted octanol–water partition coefficient (Wildman–Crippen LogP) is 0.690. The molecule has 0 bridgehead atoms. The number of anilines is 2. The monoisotopic (exact) mass is 433 g/mol. The highest BCUT2D eigenvalue weighted by Crippen LogP contribution is 2.31. The third-order valence-corrected chi connectivity index (χ3v) is 8.08. The Morgan fingerprint density at radius 2 is 1.90 bits per heavy atom. The number of hydrogen-bond donors (Lipinski definition) is 2. The maximum absolute atomic E-state index is 13.0. The van der Waals surface area contributed by atoms with Crippen molar-refractivity contribution in [3.05, 3.63) is 46.4 Å². The summed E-state index contributed by atoms with van der Waals surface area (Å²) in [7, 11) is -3.61. The van der Waals surface area contributed by atoms with Crippen molar-refractivity contribution in [2.45, 2.75) is 11.1 Å². The number of rotatable bonds is 4. The van der Waals surface area contributed by atoms with Crippen LogP contribution in [0.1, 0.15) is 5.56 Å². The summed E-state index contributed by atoms with van der Waals surface area (Å²) in [6, 6.07) is 6.19. The minimum Gasteiger partial charge on any atom is -0.368 e. The molecule has 12 heteroatoms. The molecule has 3 aromatic heterocycles. The number of piperazine rings is 1. The molecule has 0 amide bonds. The van der Waals surface area contributed by atoms with Crippen molar-refractivity contribution in [1.29, 1.82) is 0 Å². The van der Waals surface area contributed by atoms with Gasteiger partial charge in [-0.1, -0.05) is 0 Å². The van der Waals surface area contributed by atoms with Gasteiger partial charge in [0.1, 0.15) is 15.7 Å². The summed E-state index contributed by atoms with van der Waals surface area (Å²) in [5, 5.41) is 6.31. The second-order valence-electron chi connectivity index (χ2n) is 6.55. The molecular weight excluding hydrogens is 414 g/mol. The quantitative estimate of drug-likeness (QED) is 0.613. The topological polar surface area (TPSA) is 138 Å². The molecule has 10 nitrogen and oxygen atoms in total. The maximum atomic E-state index is 13.0. The van der Waals surface area contributed by atoms with E-state index >= 15 is 0 Å². The fraction of sp³-hybridized carbons (Fsp3) is 0.294. The number of thiophene rings is 1. The van der Waals surface area contributed by atoms with Gasteiger partial charge in [-0.15, -0.1) is 11.3 Å². The highest BCUT2D eigenvalue weighted by Gasteiger charge is 2.30. The molecule has 0 aliphatic carbocycles. The average Bonchev–Trinajstić information content (AvgIpc) is 3.22. The Balaban J connectivity index is 1.50. The van der Waals surface area contributed by atoms with Gasteiger partial charge in [-0.2, -0.15) is 14.4 Å². The van der Waals surface area contributed by atoms with Crippen LogP contribution < -0.4 is 16.2 Å². The third-order valence-electron chi connectivity index (χ3n) is 4.61. The van der Waals surface area contributed by atoms with Gasteiger partial charge in [-0.3, -0.25) is 4.79 Å². The number of aromatic nitrogens is 4. The second kappa shape index (κ2) is 7.54. The Hall–Kier alpha value is -2.83. The van der Waals surface area contributed by atoms with Crippen LogP contribution in [0.25, 0.3) is 10.6 Å². The van der Waals surface area contributed by atoms with Gasteiger partial charge in [0.25, 0.3) is 15.6 Å². The Morgan fingerprint density at radius 3 is 2.59 bits per heavy atom. The van der Waals surface area contributed by atoms with Crippen LogP contribution in [0.5, 0.6) is 0 Å². The van der Waals surface area contributed by atoms with Gasteiger partial charge in [0.15, 0.2) is 0 Å². The van der Waals surface area contributed by atoms with Gasteiger partial charge in [-0.05, 0) is 25.1 Å². The van der Waals surface area contributed by atoms with E-state index in [-0.39, 0.29) is 15.7 Å². The molecule has 1 saturated heterocycles. The van der Waals surface area contributed by atoms with Gasteiger partial charge in [-0.25, -0.2) is 18.5 Å². The molecule has 0 unspecified atom stereocenters. The Kier molecular flexibility index (Phi) is 5.06. The van der Waals surface area contributed by atoms with E-state index in [9.17, 15) is 13.2 Å². The van der Waals surface area contributed by atoms with Crippen molar-refractivity contribution in [2.75, 3.05) is 36.8 Å². The number of nitrogen functional groups attached to an aromatic ring is 1. The first-order chi connectivity index (χ1) is 13.8. The van der Waals surface area contributed by atoms with Crippen molar-refractivity contribution < 1.29 is 8.42 Å². The predicted molar refractivity (Wildman–Crippen MR) is 110 cm³/mol. The van der Waals surface area contributed by atoms with E-state index in [0.29, 0.717) is 36.8 Å². The standard InChI is InChI=1S/C17H19N7O3S2/c1-11-10-19-17(18)20-16(11)23-6-8-24(9-7-23)29(26,27)15-5-3-13(28-15)12-2-4-14(25)22-21-12/h2-5,10H,6-9H2,1H3,(H,22,25)(H2,18,19,20). The van der Waals surface area contributed by atoms with Gasteiger partial charge in [0.05, 0.1) is 4.88 Å². The molecule has 0 atom stereocenters. The highest BCUT2D eigenvalue weighted by atomic mass is 32.2. The van der Waals surface area contributed by atoms with Crippen LogP contribution in [-0.2, 0) is 10.0 Å². The van der Waals surface area contributed by atoms with E-state index in [2.05, 4.69) is 20.2 Å². The van der Waals surface area contributed by atoms with E-state index in [1.807, 2.05) is 11.8 Å². The van der Waals surface area contributed by atoms with E-state index in [0.717, 1.165) is 22.7 Å². The molecule has 4 rings (SSSR count). The van der Waals surface area contributed by atoms with E-state index in [1.54, 1.807) is 24.4 Å². The molecule has 152 valence electrons. The summed E-state index contributed by atoms with van der Waals surface area (Å²) in [4.78, 5) is 22.1. The van der Waals surface area contributed by atoms with Crippen LogP contribution >= 0.6 is 11.3 Å². The molecule has 0 aromatic carbocycles. The molecule has 1 fully saturated rings. The third kappa shape index (κ3) is 3.86. The van der Waals surface area contributed by atoms with Crippen LogP contribution in [0.4, 0.5) is 11.8 Å². The van der Waals surface area contributed by atoms with Crippen molar-refractivity contribution in [1.82, 2.24) is 24.5 Å². The number of nitrogens with one attached hydrogen (secondary N) is 1. The average molecular weight is 434 g/mol. The maximum Gasteiger partial charge on any atom is 0.264 e. The van der Waals surface area contributed by atoms with Crippen LogP contribution in [-0.4, -0.2) is 59.1 Å². The zero-order valence-corrected chi connectivity index (χ0v) is 17.2. The van der Waals surface area contributed by atoms with E-state index in [4.69, 9.17) is 5.73 Å². The molecule has 0 saturated carbocycles. The van der Waals surface area contributed by atoms with Gasteiger partial charge < -0.3 is 10.6 Å². The lowest BCUT2D eigenvalue weighted by atomic mass is 10.3. The van der Waals surface area contributed by atoms with Gasteiger partial charge in [0.2, 0.25) is 5.95 Å². The van der Waals surface area contributed by atoms with E-state index in [1.165, 1.54) is 10.4 Å². The number of aryl methyl sites for hydroxylation is 1. The molecule has 4 heterocycles. The first-order valence-corrected chi connectivity index (χ1v) is 11.1. The summed E-state index contributed by atoms with van der Waals surface area (Å²) in [6.07, 6.45) is 1.67. The number of sulfonamides is 1. The first-order valence-electron chi connectivity index (χ1n) is 8.85. The Bertz CT molecular complexity index is 1180. The minimum absolute atomic E-state index is 0.197. The fourth-order valence-electron chi connectivity index (χ4n) is 3.11. The van der Waals surface area contributed by atoms with Gasteiger partial charge in [0, 0.05) is 44.0 Å². The van der Waals surface area contributed by atoms with Crippen molar-refractivity contribution in [3.63, 3.8) is 0 Å². The molecule has 0 radical (unpaired) electrons. The van der Waals surface area contributed by atoms with Crippen molar-refractivity contribution >= 4 is 33.1 Å². The van der Waals surface area contributed by atoms with Crippen LogP contribution in [0.3, 0.4) is 0 Å². The van der Waals surface area contributed by atoms with Crippen molar-refractivity contribution in [3.8, 4) is 10.6 Å². The summed E-state index contributed by atoms with van der Waals surface area (Å²) in [5.41, 5.74) is 6.80. The lowest BCUT2D eigenvalue weighted by Gasteiger charge is -2.35. The number of hydrogen-bond acceptors (Lipinski definition) is 9. The largest absolute Gasteiger partial charge is 0.368 e. The van der Waals surface area contributed by atoms with Crippen LogP contribution in [0.2, 0.25) is 0 Å². The van der Waals surface area contributed by atoms with E-state index < -0.39 is 10.0 Å². The Morgan fingerprint density at radius 1 is 1.14 bits per heavy atom. The van der Waals surface area contributed by atoms with Crippen LogP contribution in [0.15, 0.2) is 39.5 Å².